The van der Waals surface area contributed by atoms with Gasteiger partial charge in [-0.25, -0.2) is 0 Å². The quantitative estimate of drug-likeness (QED) is 0.801. The lowest BCUT2D eigenvalue weighted by molar-refractivity contribution is 0.268. The average molecular weight is 248 g/mol. The van der Waals surface area contributed by atoms with Gasteiger partial charge in [0.15, 0.2) is 0 Å². The second kappa shape index (κ2) is 5.98. The van der Waals surface area contributed by atoms with Gasteiger partial charge in [0.2, 0.25) is 0 Å². The van der Waals surface area contributed by atoms with Crippen LogP contribution in [0.1, 0.15) is 32.6 Å². The molecule has 2 rings (SSSR count). The van der Waals surface area contributed by atoms with E-state index in [4.69, 9.17) is 10.5 Å². The molecule has 0 bridgehead atoms. The normalized spacial score (nSPS) is 23.7. The van der Waals surface area contributed by atoms with Crippen LogP contribution in [0.15, 0.2) is 18.2 Å². The zero-order valence-corrected chi connectivity index (χ0v) is 11.4. The number of benzene rings is 1. The van der Waals surface area contributed by atoms with E-state index in [9.17, 15) is 0 Å². The van der Waals surface area contributed by atoms with Crippen LogP contribution in [0.25, 0.3) is 0 Å². The van der Waals surface area contributed by atoms with Crippen molar-refractivity contribution in [2.75, 3.05) is 24.7 Å². The minimum atomic E-state index is 0.689. The van der Waals surface area contributed by atoms with E-state index in [1.54, 1.807) is 7.11 Å². The number of nitrogen functional groups attached to an aromatic ring is 1. The Balaban J connectivity index is 1.93. The molecule has 0 heterocycles. The molecule has 1 saturated carbocycles. The monoisotopic (exact) mass is 248 g/mol. The Morgan fingerprint density at radius 2 is 2.11 bits per heavy atom. The van der Waals surface area contributed by atoms with Gasteiger partial charge in [0.1, 0.15) is 5.75 Å². The van der Waals surface area contributed by atoms with Crippen molar-refractivity contribution in [2.24, 2.45) is 11.8 Å². The minimum absolute atomic E-state index is 0.689. The van der Waals surface area contributed by atoms with E-state index >= 15 is 0 Å². The number of hydrogen-bond donors (Lipinski definition) is 2. The highest BCUT2D eigenvalue weighted by Gasteiger charge is 2.20. The first kappa shape index (κ1) is 13.1. The summed E-state index contributed by atoms with van der Waals surface area (Å²) in [6, 6.07) is 5.89. The van der Waals surface area contributed by atoms with E-state index in [0.717, 1.165) is 29.8 Å². The molecule has 0 spiro atoms. The van der Waals surface area contributed by atoms with Crippen LogP contribution >= 0.6 is 0 Å². The molecular formula is C15H24N2O. The van der Waals surface area contributed by atoms with Crippen molar-refractivity contribution in [2.45, 2.75) is 32.6 Å². The number of hydrogen-bond acceptors (Lipinski definition) is 3. The van der Waals surface area contributed by atoms with Gasteiger partial charge in [-0.1, -0.05) is 26.2 Å². The third-order valence-electron chi connectivity index (χ3n) is 4.09. The van der Waals surface area contributed by atoms with Crippen LogP contribution in [0.5, 0.6) is 5.75 Å². The largest absolute Gasteiger partial charge is 0.495 e. The lowest BCUT2D eigenvalue weighted by Crippen LogP contribution is -2.24. The van der Waals surface area contributed by atoms with Crippen LogP contribution in [-0.2, 0) is 0 Å². The van der Waals surface area contributed by atoms with Crippen LogP contribution in [0, 0.1) is 11.8 Å². The van der Waals surface area contributed by atoms with Crippen molar-refractivity contribution in [3.05, 3.63) is 18.2 Å². The van der Waals surface area contributed by atoms with Gasteiger partial charge < -0.3 is 15.8 Å². The van der Waals surface area contributed by atoms with Gasteiger partial charge in [-0.3, -0.25) is 0 Å². The molecular weight excluding hydrogens is 224 g/mol. The molecule has 1 aliphatic carbocycles. The summed E-state index contributed by atoms with van der Waals surface area (Å²) in [5.41, 5.74) is 7.59. The van der Waals surface area contributed by atoms with E-state index < -0.39 is 0 Å². The summed E-state index contributed by atoms with van der Waals surface area (Å²) >= 11 is 0. The molecule has 100 valence electrons. The highest BCUT2D eigenvalue weighted by atomic mass is 16.5. The van der Waals surface area contributed by atoms with E-state index in [0.29, 0.717) is 5.69 Å². The summed E-state index contributed by atoms with van der Waals surface area (Å²) in [6.07, 6.45) is 5.49. The first-order chi connectivity index (χ1) is 8.70. The molecule has 1 aliphatic rings. The fourth-order valence-corrected chi connectivity index (χ4v) is 2.77. The van der Waals surface area contributed by atoms with E-state index in [2.05, 4.69) is 12.2 Å². The van der Waals surface area contributed by atoms with Crippen molar-refractivity contribution in [3.63, 3.8) is 0 Å². The molecule has 0 amide bonds. The smallest absolute Gasteiger partial charge is 0.143 e. The Bertz CT molecular complexity index is 392. The number of ether oxygens (including phenoxy) is 1. The maximum absolute atomic E-state index is 5.81. The third kappa shape index (κ3) is 3.09. The molecule has 3 nitrogen and oxygen atoms in total. The molecule has 18 heavy (non-hydrogen) atoms. The lowest BCUT2D eigenvalue weighted by Gasteiger charge is -2.29. The van der Waals surface area contributed by atoms with Gasteiger partial charge in [-0.2, -0.15) is 0 Å². The van der Waals surface area contributed by atoms with E-state index in [1.165, 1.54) is 25.7 Å². The first-order valence-corrected chi connectivity index (χ1v) is 6.88. The average Bonchev–Trinajstić information content (AvgIpc) is 2.39. The molecule has 0 radical (unpaired) electrons. The molecule has 0 aliphatic heterocycles. The topological polar surface area (TPSA) is 47.3 Å². The van der Waals surface area contributed by atoms with Gasteiger partial charge in [0.25, 0.3) is 0 Å². The Morgan fingerprint density at radius 3 is 2.83 bits per heavy atom. The van der Waals surface area contributed by atoms with E-state index in [-0.39, 0.29) is 0 Å². The molecule has 0 aromatic heterocycles. The third-order valence-corrected chi connectivity index (χ3v) is 4.09. The predicted octanol–water partition coefficient (Wildman–Crippen LogP) is 3.52. The summed E-state index contributed by atoms with van der Waals surface area (Å²) in [5.74, 6) is 2.38. The van der Waals surface area contributed by atoms with Crippen LogP contribution in [0.2, 0.25) is 0 Å². The molecule has 2 unspecified atom stereocenters. The van der Waals surface area contributed by atoms with Gasteiger partial charge in [-0.05, 0) is 30.4 Å². The Kier molecular flexibility index (Phi) is 4.34. The summed E-state index contributed by atoms with van der Waals surface area (Å²) in [4.78, 5) is 0. The molecule has 3 heteroatoms. The number of nitrogens with one attached hydrogen (secondary N) is 1. The van der Waals surface area contributed by atoms with Gasteiger partial charge in [0.05, 0.1) is 12.8 Å². The molecule has 1 aromatic rings. The first-order valence-electron chi connectivity index (χ1n) is 6.88. The van der Waals surface area contributed by atoms with Gasteiger partial charge in [-0.15, -0.1) is 0 Å². The fourth-order valence-electron chi connectivity index (χ4n) is 2.77. The van der Waals surface area contributed by atoms with Crippen molar-refractivity contribution in [3.8, 4) is 5.75 Å². The maximum atomic E-state index is 5.81. The zero-order chi connectivity index (χ0) is 13.0. The highest BCUT2D eigenvalue weighted by molar-refractivity contribution is 5.61. The van der Waals surface area contributed by atoms with Gasteiger partial charge in [0, 0.05) is 18.3 Å². The predicted molar refractivity (Wildman–Crippen MR) is 77.0 cm³/mol. The number of nitrogens with two attached hydrogens (primary N) is 1. The van der Waals surface area contributed by atoms with Crippen molar-refractivity contribution < 1.29 is 4.74 Å². The summed E-state index contributed by atoms with van der Waals surface area (Å²) in [5, 5.41) is 3.51. The van der Waals surface area contributed by atoms with Crippen molar-refractivity contribution >= 4 is 11.4 Å². The summed E-state index contributed by atoms with van der Waals surface area (Å²) in [6.45, 7) is 3.42. The number of rotatable bonds is 4. The number of anilines is 2. The van der Waals surface area contributed by atoms with Crippen molar-refractivity contribution in [1.29, 1.82) is 0 Å². The second-order valence-electron chi connectivity index (χ2n) is 5.36. The Hall–Kier alpha value is -1.38. The van der Waals surface area contributed by atoms with Crippen LogP contribution in [0.3, 0.4) is 0 Å². The highest BCUT2D eigenvalue weighted by Crippen LogP contribution is 2.30. The van der Waals surface area contributed by atoms with Gasteiger partial charge >= 0.3 is 0 Å². The molecule has 1 fully saturated rings. The fraction of sp³-hybridized carbons (Fsp3) is 0.600. The Morgan fingerprint density at radius 1 is 1.33 bits per heavy atom. The minimum Gasteiger partial charge on any atom is -0.495 e. The second-order valence-corrected chi connectivity index (χ2v) is 5.36. The zero-order valence-electron chi connectivity index (χ0n) is 11.4. The molecule has 1 aromatic carbocycles. The maximum Gasteiger partial charge on any atom is 0.143 e. The SMILES string of the molecule is COc1cc(NCC2CCCCC2C)ccc1N. The molecule has 2 atom stereocenters. The van der Waals surface area contributed by atoms with Crippen LogP contribution in [0.4, 0.5) is 11.4 Å². The van der Waals surface area contributed by atoms with E-state index in [1.807, 2.05) is 18.2 Å². The lowest BCUT2D eigenvalue weighted by atomic mass is 9.80. The standard InChI is InChI=1S/C15H24N2O/c1-11-5-3-4-6-12(11)10-17-13-7-8-14(16)15(9-13)18-2/h7-9,11-12,17H,3-6,10,16H2,1-2H3. The Labute approximate surface area is 110 Å². The van der Waals surface area contributed by atoms with Crippen molar-refractivity contribution in [1.82, 2.24) is 0 Å². The number of methoxy groups -OCH3 is 1. The molecule has 3 N–H and O–H groups in total. The molecule has 0 saturated heterocycles. The summed E-state index contributed by atoms with van der Waals surface area (Å²) < 4.78 is 5.23. The summed E-state index contributed by atoms with van der Waals surface area (Å²) in [7, 11) is 1.65. The van der Waals surface area contributed by atoms with Crippen LogP contribution in [-0.4, -0.2) is 13.7 Å². The van der Waals surface area contributed by atoms with Crippen LogP contribution < -0.4 is 15.8 Å².